The molecular weight excluding hydrogens is 653 g/mol. The van der Waals surface area contributed by atoms with Crippen LogP contribution in [0.2, 0.25) is 0 Å². The van der Waals surface area contributed by atoms with E-state index >= 15 is 0 Å². The van der Waals surface area contributed by atoms with Gasteiger partial charge in [-0.15, -0.1) is 11.3 Å². The van der Waals surface area contributed by atoms with Gasteiger partial charge < -0.3 is 9.47 Å². The van der Waals surface area contributed by atoms with Crippen LogP contribution >= 0.6 is 11.3 Å². The van der Waals surface area contributed by atoms with Crippen molar-refractivity contribution in [3.05, 3.63) is 97.1 Å². The first kappa shape index (κ1) is 35.8. The molecule has 260 valence electrons. The van der Waals surface area contributed by atoms with Crippen LogP contribution in [0.4, 0.5) is 11.4 Å². The minimum Gasteiger partial charge on any atom is -0.493 e. The number of benzene rings is 4. The molecule has 1 aliphatic rings. The molecule has 1 aliphatic heterocycles. The predicted molar refractivity (Wildman–Crippen MR) is 215 cm³/mol. The number of nitrogens with zero attached hydrogens (tertiary/aromatic N) is 2. The number of fused-ring (bicyclic) bond motifs is 1. The molecule has 0 N–H and O–H groups in total. The molecule has 50 heavy (non-hydrogen) atoms. The van der Waals surface area contributed by atoms with Gasteiger partial charge in [0.15, 0.2) is 0 Å². The Morgan fingerprint density at radius 3 is 1.16 bits per heavy atom. The van der Waals surface area contributed by atoms with Gasteiger partial charge in [-0.05, 0) is 82.3 Å². The van der Waals surface area contributed by atoms with Gasteiger partial charge in [0.1, 0.15) is 22.9 Å². The summed E-state index contributed by atoms with van der Waals surface area (Å²) in [5.41, 5.74) is 9.03. The standard InChI is InChI=1S/C44H50N2O2S2/c1-5-9-11-31(7-3)29-47-39-25-21-35(22-26-39)33-13-17-37(18-14-33)43-41-42(46-50-45-41)44(49-43)38-19-15-34(16-20-38)36-23-27-40(28-24-36)48-30-32(8-4)12-10-6-2/h13-28,31-32H,5-12,29-30H2,1-4H3. The third-order valence-corrected chi connectivity index (χ3v) is 11.6. The normalized spacial score (nSPS) is 13.1. The van der Waals surface area contributed by atoms with Crippen LogP contribution in [0, 0.1) is 11.8 Å². The van der Waals surface area contributed by atoms with E-state index in [0.717, 1.165) is 69.8 Å². The Bertz CT molecular complexity index is 1740. The topological polar surface area (TPSA) is 43.2 Å². The van der Waals surface area contributed by atoms with Crippen LogP contribution in [0.1, 0.15) is 79.1 Å². The second kappa shape index (κ2) is 17.8. The summed E-state index contributed by atoms with van der Waals surface area (Å²) in [4.78, 5) is 2.32. The van der Waals surface area contributed by atoms with Gasteiger partial charge in [-0.25, -0.2) is 0 Å². The molecule has 0 amide bonds. The van der Waals surface area contributed by atoms with Crippen molar-refractivity contribution in [2.24, 2.45) is 20.6 Å². The van der Waals surface area contributed by atoms with Crippen LogP contribution in [0.15, 0.2) is 106 Å². The molecular formula is C44H50N2O2S2. The van der Waals surface area contributed by atoms with Crippen LogP contribution in [0.3, 0.4) is 0 Å². The zero-order valence-electron chi connectivity index (χ0n) is 30.0. The predicted octanol–water partition coefficient (Wildman–Crippen LogP) is 14.3. The minimum absolute atomic E-state index is 0.626. The van der Waals surface area contributed by atoms with Gasteiger partial charge in [-0.3, -0.25) is 0 Å². The zero-order valence-corrected chi connectivity index (χ0v) is 31.6. The number of unbranched alkanes of at least 4 members (excludes halogenated alkanes) is 2. The highest BCUT2D eigenvalue weighted by Gasteiger charge is 2.22. The zero-order chi connectivity index (χ0) is 34.7. The number of hydrogen-bond acceptors (Lipinski definition) is 5. The van der Waals surface area contributed by atoms with E-state index in [4.69, 9.17) is 18.2 Å². The molecule has 6 rings (SSSR count). The van der Waals surface area contributed by atoms with E-state index in [2.05, 4.69) is 125 Å². The van der Waals surface area contributed by atoms with E-state index in [9.17, 15) is 0 Å². The lowest BCUT2D eigenvalue weighted by molar-refractivity contribution is 0.233. The molecule has 0 saturated carbocycles. The fourth-order valence-electron chi connectivity index (χ4n) is 6.42. The van der Waals surface area contributed by atoms with Crippen LogP contribution in [0.5, 0.6) is 11.5 Å². The maximum absolute atomic E-state index is 6.14. The summed E-state index contributed by atoms with van der Waals surface area (Å²) in [6.45, 7) is 10.6. The van der Waals surface area contributed by atoms with Crippen molar-refractivity contribution in [3.8, 4) is 54.6 Å². The summed E-state index contributed by atoms with van der Waals surface area (Å²) in [6.07, 6.45) is 9.82. The summed E-state index contributed by atoms with van der Waals surface area (Å²) in [5.74, 6) is 3.14. The van der Waals surface area contributed by atoms with Crippen molar-refractivity contribution < 1.29 is 9.47 Å². The Balaban J connectivity index is 1.11. The molecule has 0 aliphatic carbocycles. The van der Waals surface area contributed by atoms with Crippen molar-refractivity contribution in [1.29, 1.82) is 0 Å². The molecule has 4 aromatic carbocycles. The van der Waals surface area contributed by atoms with Crippen LogP contribution in [-0.2, 0) is 11.4 Å². The van der Waals surface area contributed by atoms with Crippen LogP contribution < -0.4 is 9.47 Å². The molecule has 6 heteroatoms. The van der Waals surface area contributed by atoms with Gasteiger partial charge in [0.05, 0.1) is 34.3 Å². The second-order valence-corrected chi connectivity index (χ2v) is 14.9. The average molecular weight is 703 g/mol. The Kier molecular flexibility index (Phi) is 12.7. The van der Waals surface area contributed by atoms with Crippen molar-refractivity contribution >= 4 is 34.1 Å². The van der Waals surface area contributed by atoms with Crippen molar-refractivity contribution in [2.45, 2.75) is 79.1 Å². The first-order valence-electron chi connectivity index (χ1n) is 18.5. The quantitative estimate of drug-likeness (QED) is 0.0895. The maximum atomic E-state index is 6.14. The first-order chi connectivity index (χ1) is 24.6. The van der Waals surface area contributed by atoms with E-state index in [1.165, 1.54) is 72.1 Å². The molecule has 2 heterocycles. The lowest BCUT2D eigenvalue weighted by Crippen LogP contribution is -2.11. The summed E-state index contributed by atoms with van der Waals surface area (Å²) < 4.78 is 21.7. The maximum Gasteiger partial charge on any atom is 0.124 e. The van der Waals surface area contributed by atoms with Crippen molar-refractivity contribution in [2.75, 3.05) is 13.2 Å². The third-order valence-electron chi connectivity index (χ3n) is 9.85. The number of thiophene rings is 1. The molecule has 2 atom stereocenters. The minimum atomic E-state index is 0.626. The molecule has 0 radical (unpaired) electrons. The van der Waals surface area contributed by atoms with E-state index in [-0.39, 0.29) is 0 Å². The summed E-state index contributed by atoms with van der Waals surface area (Å²) in [6, 6.07) is 34.7. The number of rotatable bonds is 18. The van der Waals surface area contributed by atoms with E-state index in [1.807, 2.05) is 0 Å². The molecule has 0 bridgehead atoms. The van der Waals surface area contributed by atoms with Gasteiger partial charge in [0.25, 0.3) is 0 Å². The lowest BCUT2D eigenvalue weighted by atomic mass is 10.0. The van der Waals surface area contributed by atoms with Crippen molar-refractivity contribution in [3.63, 3.8) is 0 Å². The third kappa shape index (κ3) is 8.83. The fourth-order valence-corrected chi connectivity index (χ4v) is 8.28. The van der Waals surface area contributed by atoms with Crippen LogP contribution in [0.25, 0.3) is 43.1 Å². The smallest absolute Gasteiger partial charge is 0.124 e. The molecule has 4 nitrogen and oxygen atoms in total. The van der Waals surface area contributed by atoms with Gasteiger partial charge >= 0.3 is 0 Å². The average Bonchev–Trinajstić information content (AvgIpc) is 3.79. The molecule has 0 fully saturated rings. The Morgan fingerprint density at radius 2 is 0.820 bits per heavy atom. The highest BCUT2D eigenvalue weighted by atomic mass is 32.1. The summed E-state index contributed by atoms with van der Waals surface area (Å²) in [5, 5.41) is 0. The van der Waals surface area contributed by atoms with E-state index < -0.39 is 0 Å². The SMILES string of the molecule is CCCCC(CC)COc1ccc(-c2ccc(-c3sc(-c4ccc(-c5ccc(OCC(CC)CCCC)cc5)cc4)c4c3N=S=N4)cc2)cc1. The highest BCUT2D eigenvalue weighted by Crippen LogP contribution is 2.54. The molecule has 0 saturated heterocycles. The van der Waals surface area contributed by atoms with Crippen LogP contribution in [-0.4, -0.2) is 13.2 Å². The number of hydrogen-bond donors (Lipinski definition) is 0. The molecule has 5 aromatic rings. The van der Waals surface area contributed by atoms with Gasteiger partial charge in [0, 0.05) is 0 Å². The second-order valence-electron chi connectivity index (χ2n) is 13.4. The van der Waals surface area contributed by atoms with Gasteiger partial charge in [0.2, 0.25) is 0 Å². The molecule has 0 spiro atoms. The highest BCUT2D eigenvalue weighted by molar-refractivity contribution is 7.58. The first-order valence-corrected chi connectivity index (χ1v) is 20.1. The Hall–Kier alpha value is -4.00. The Labute approximate surface area is 306 Å². The van der Waals surface area contributed by atoms with Gasteiger partial charge in [-0.1, -0.05) is 139 Å². The van der Waals surface area contributed by atoms with E-state index in [1.54, 1.807) is 11.3 Å². The van der Waals surface area contributed by atoms with E-state index in [0.29, 0.717) is 11.8 Å². The summed E-state index contributed by atoms with van der Waals surface area (Å²) in [7, 11) is 0. The summed E-state index contributed by atoms with van der Waals surface area (Å²) >= 11 is 3.05. The number of ether oxygens (including phenoxy) is 2. The monoisotopic (exact) mass is 702 g/mol. The van der Waals surface area contributed by atoms with Gasteiger partial charge in [-0.2, -0.15) is 8.73 Å². The Morgan fingerprint density at radius 1 is 0.480 bits per heavy atom. The van der Waals surface area contributed by atoms with Crippen molar-refractivity contribution in [1.82, 2.24) is 0 Å². The lowest BCUT2D eigenvalue weighted by Gasteiger charge is -2.15. The largest absolute Gasteiger partial charge is 0.493 e. The molecule has 2 unspecified atom stereocenters. The fraction of sp³-hybridized carbons (Fsp3) is 0.364. The molecule has 1 aromatic heterocycles.